The highest BCUT2D eigenvalue weighted by atomic mass is 19.1. The van der Waals surface area contributed by atoms with Crippen LogP contribution in [0.5, 0.6) is 0 Å². The Kier molecular flexibility index (Phi) is 5.81. The van der Waals surface area contributed by atoms with Crippen LogP contribution in [0, 0.1) is 5.82 Å². The normalized spacial score (nSPS) is 11.3. The lowest BCUT2D eigenvalue weighted by Gasteiger charge is -2.20. The van der Waals surface area contributed by atoms with Crippen molar-refractivity contribution in [1.82, 2.24) is 30.5 Å². The van der Waals surface area contributed by atoms with E-state index in [-0.39, 0.29) is 18.2 Å². The lowest BCUT2D eigenvalue weighted by atomic mass is 10.1. The van der Waals surface area contributed by atoms with Gasteiger partial charge in [0.05, 0.1) is 5.69 Å². The van der Waals surface area contributed by atoms with E-state index in [0.717, 1.165) is 4.80 Å². The number of carbonyl (C=O) groups excluding carboxylic acids is 1. The third kappa shape index (κ3) is 5.31. The quantitative estimate of drug-likeness (QED) is 0.702. The SMILES string of the molecule is CC(C)(C)OC(=O)NCc1ccc(-c2ccc(F)cc2)nc1-c1nnn(CF)n1. The predicted octanol–water partition coefficient (Wildman–Crippen LogP) is 3.49. The molecular weight excluding hydrogens is 382 g/mol. The zero-order valence-corrected chi connectivity index (χ0v) is 16.2. The zero-order chi connectivity index (χ0) is 21.0. The minimum absolute atomic E-state index is 0.0884. The number of halogens is 2. The third-order valence-corrected chi connectivity index (χ3v) is 3.71. The van der Waals surface area contributed by atoms with Crippen LogP contribution in [0.25, 0.3) is 22.8 Å². The molecule has 152 valence electrons. The largest absolute Gasteiger partial charge is 0.444 e. The highest BCUT2D eigenvalue weighted by molar-refractivity contribution is 5.69. The van der Waals surface area contributed by atoms with Crippen LogP contribution in [0.4, 0.5) is 13.6 Å². The van der Waals surface area contributed by atoms with Crippen LogP contribution in [0.2, 0.25) is 0 Å². The van der Waals surface area contributed by atoms with Crippen LogP contribution >= 0.6 is 0 Å². The number of benzene rings is 1. The van der Waals surface area contributed by atoms with E-state index < -0.39 is 18.5 Å². The van der Waals surface area contributed by atoms with Crippen molar-refractivity contribution in [2.45, 2.75) is 39.7 Å². The molecule has 10 heteroatoms. The van der Waals surface area contributed by atoms with Crippen LogP contribution in [-0.2, 0) is 18.1 Å². The Bertz CT molecular complexity index is 999. The molecule has 29 heavy (non-hydrogen) atoms. The van der Waals surface area contributed by atoms with Crippen molar-refractivity contribution in [1.29, 1.82) is 0 Å². The average molecular weight is 402 g/mol. The van der Waals surface area contributed by atoms with Gasteiger partial charge in [0.25, 0.3) is 0 Å². The van der Waals surface area contributed by atoms with Crippen molar-refractivity contribution in [3.8, 4) is 22.8 Å². The molecule has 0 aliphatic rings. The number of carbonyl (C=O) groups is 1. The number of nitrogens with one attached hydrogen (secondary N) is 1. The maximum atomic E-state index is 13.2. The fraction of sp³-hybridized carbons (Fsp3) is 0.316. The molecule has 1 N–H and O–H groups in total. The Balaban J connectivity index is 1.92. The van der Waals surface area contributed by atoms with Gasteiger partial charge in [0.1, 0.15) is 17.1 Å². The van der Waals surface area contributed by atoms with Crippen molar-refractivity contribution in [3.63, 3.8) is 0 Å². The molecule has 3 rings (SSSR count). The molecule has 0 fully saturated rings. The van der Waals surface area contributed by atoms with Gasteiger partial charge in [-0.2, -0.15) is 0 Å². The van der Waals surface area contributed by atoms with Gasteiger partial charge in [0.2, 0.25) is 12.6 Å². The molecule has 2 heterocycles. The first-order valence-electron chi connectivity index (χ1n) is 8.82. The lowest BCUT2D eigenvalue weighted by molar-refractivity contribution is 0.0523. The summed E-state index contributed by atoms with van der Waals surface area (Å²) < 4.78 is 31.3. The van der Waals surface area contributed by atoms with E-state index in [0.29, 0.717) is 22.5 Å². The topological polar surface area (TPSA) is 94.8 Å². The molecule has 2 aromatic heterocycles. The first kappa shape index (κ1) is 20.3. The number of ether oxygens (including phenoxy) is 1. The number of aromatic nitrogens is 5. The summed E-state index contributed by atoms with van der Waals surface area (Å²) in [5.41, 5.74) is 1.49. The molecule has 1 aromatic carbocycles. The predicted molar refractivity (Wildman–Crippen MR) is 101 cm³/mol. The van der Waals surface area contributed by atoms with Gasteiger partial charge in [-0.3, -0.25) is 0 Å². The second kappa shape index (κ2) is 8.29. The van der Waals surface area contributed by atoms with E-state index in [1.54, 1.807) is 45.0 Å². The summed E-state index contributed by atoms with van der Waals surface area (Å²) in [5.74, 6) is -0.257. The molecular formula is C19H20F2N6O2. The lowest BCUT2D eigenvalue weighted by Crippen LogP contribution is -2.32. The average Bonchev–Trinajstić information content (AvgIpc) is 3.15. The van der Waals surface area contributed by atoms with Crippen LogP contribution in [0.3, 0.4) is 0 Å². The molecule has 0 saturated heterocycles. The minimum atomic E-state index is -0.934. The van der Waals surface area contributed by atoms with Gasteiger partial charge < -0.3 is 10.1 Å². The van der Waals surface area contributed by atoms with Gasteiger partial charge in [-0.15, -0.1) is 15.0 Å². The summed E-state index contributed by atoms with van der Waals surface area (Å²) in [6, 6.07) is 9.29. The van der Waals surface area contributed by atoms with E-state index in [4.69, 9.17) is 4.74 Å². The monoisotopic (exact) mass is 402 g/mol. The van der Waals surface area contributed by atoms with Crippen molar-refractivity contribution in [2.75, 3.05) is 0 Å². The smallest absolute Gasteiger partial charge is 0.407 e. The minimum Gasteiger partial charge on any atom is -0.444 e. The Morgan fingerprint density at radius 2 is 1.90 bits per heavy atom. The molecule has 0 aliphatic carbocycles. The van der Waals surface area contributed by atoms with Crippen molar-refractivity contribution < 1.29 is 18.3 Å². The first-order chi connectivity index (χ1) is 13.7. The number of alkyl carbamates (subject to hydrolysis) is 1. The summed E-state index contributed by atoms with van der Waals surface area (Å²) >= 11 is 0. The summed E-state index contributed by atoms with van der Waals surface area (Å²) in [5, 5.41) is 14.0. The van der Waals surface area contributed by atoms with Crippen LogP contribution in [0.15, 0.2) is 36.4 Å². The summed E-state index contributed by atoms with van der Waals surface area (Å²) in [6.07, 6.45) is -0.591. The highest BCUT2D eigenvalue weighted by Gasteiger charge is 2.18. The van der Waals surface area contributed by atoms with Crippen LogP contribution < -0.4 is 5.32 Å². The number of amides is 1. The molecule has 0 bridgehead atoms. The molecule has 0 atom stereocenters. The highest BCUT2D eigenvalue weighted by Crippen LogP contribution is 2.24. The number of tetrazole rings is 1. The maximum absolute atomic E-state index is 13.2. The van der Waals surface area contributed by atoms with Crippen molar-refractivity contribution in [3.05, 3.63) is 47.8 Å². The summed E-state index contributed by atoms with van der Waals surface area (Å²) in [7, 11) is 0. The molecule has 0 saturated carbocycles. The van der Waals surface area contributed by atoms with E-state index in [9.17, 15) is 13.6 Å². The van der Waals surface area contributed by atoms with E-state index in [2.05, 4.69) is 25.7 Å². The summed E-state index contributed by atoms with van der Waals surface area (Å²) in [6.45, 7) is 4.43. The Hall–Kier alpha value is -3.43. The second-order valence-electron chi connectivity index (χ2n) is 7.17. The number of pyridine rings is 1. The van der Waals surface area contributed by atoms with Gasteiger partial charge in [0, 0.05) is 17.7 Å². The summed E-state index contributed by atoms with van der Waals surface area (Å²) in [4.78, 5) is 17.3. The fourth-order valence-corrected chi connectivity index (χ4v) is 2.48. The number of alkyl halides is 1. The van der Waals surface area contributed by atoms with E-state index in [1.807, 2.05) is 0 Å². The number of hydrogen-bond acceptors (Lipinski definition) is 6. The Labute approximate surface area is 165 Å². The van der Waals surface area contributed by atoms with Gasteiger partial charge in [-0.1, -0.05) is 6.07 Å². The fourth-order valence-electron chi connectivity index (χ4n) is 2.48. The maximum Gasteiger partial charge on any atom is 0.407 e. The molecule has 8 nitrogen and oxygen atoms in total. The van der Waals surface area contributed by atoms with Crippen molar-refractivity contribution in [2.24, 2.45) is 0 Å². The Morgan fingerprint density at radius 1 is 1.17 bits per heavy atom. The van der Waals surface area contributed by atoms with E-state index >= 15 is 0 Å². The molecule has 0 unspecified atom stereocenters. The van der Waals surface area contributed by atoms with Gasteiger partial charge in [-0.05, 0) is 56.3 Å². The van der Waals surface area contributed by atoms with Crippen molar-refractivity contribution >= 4 is 6.09 Å². The van der Waals surface area contributed by atoms with E-state index in [1.165, 1.54) is 12.1 Å². The number of nitrogens with zero attached hydrogens (tertiary/aromatic N) is 5. The number of rotatable bonds is 5. The molecule has 3 aromatic rings. The van der Waals surface area contributed by atoms with Crippen LogP contribution in [0.1, 0.15) is 26.3 Å². The third-order valence-electron chi connectivity index (χ3n) is 3.71. The first-order valence-corrected chi connectivity index (χ1v) is 8.82. The van der Waals surface area contributed by atoms with Gasteiger partial charge in [-0.25, -0.2) is 18.6 Å². The van der Waals surface area contributed by atoms with Crippen LogP contribution in [-0.4, -0.2) is 36.9 Å². The standard InChI is InChI=1S/C19H20F2N6O2/c1-19(2,3)29-18(28)22-10-13-6-9-15(12-4-7-14(21)8-5-12)23-16(13)17-24-26-27(11-20)25-17/h4-9H,10-11H2,1-3H3,(H,22,28). The molecule has 0 spiro atoms. The zero-order valence-electron chi connectivity index (χ0n) is 16.2. The van der Waals surface area contributed by atoms with Gasteiger partial charge >= 0.3 is 6.09 Å². The van der Waals surface area contributed by atoms with Gasteiger partial charge in [0.15, 0.2) is 0 Å². The molecule has 0 aliphatic heterocycles. The molecule has 0 radical (unpaired) electrons. The Morgan fingerprint density at radius 3 is 2.52 bits per heavy atom. The molecule has 1 amide bonds. The number of hydrogen-bond donors (Lipinski definition) is 1. The second-order valence-corrected chi connectivity index (χ2v) is 7.17.